The van der Waals surface area contributed by atoms with Gasteiger partial charge in [0.2, 0.25) is 0 Å². The van der Waals surface area contributed by atoms with Gasteiger partial charge >= 0.3 is 5.69 Å². The molecule has 4 rings (SSSR count). The predicted molar refractivity (Wildman–Crippen MR) is 97.6 cm³/mol. The monoisotopic (exact) mass is 398 g/mol. The first kappa shape index (κ1) is 19.7. The number of hydrogen-bond donors (Lipinski definition) is 2. The summed E-state index contributed by atoms with van der Waals surface area (Å²) in [5.74, 6) is -0.943. The van der Waals surface area contributed by atoms with Crippen molar-refractivity contribution in [1.29, 1.82) is 0 Å². The second-order valence-corrected chi connectivity index (χ2v) is 9.15. The first-order valence-electron chi connectivity index (χ1n) is 9.43. The molecular weight excluding hydrogens is 370 g/mol. The molecule has 0 aliphatic carbocycles. The normalized spacial score (nSPS) is 35.9. The van der Waals surface area contributed by atoms with Crippen molar-refractivity contribution in [3.63, 3.8) is 0 Å². The van der Waals surface area contributed by atoms with Gasteiger partial charge in [-0.2, -0.15) is 0 Å². The molecule has 0 amide bonds. The van der Waals surface area contributed by atoms with E-state index in [0.717, 1.165) is 0 Å². The van der Waals surface area contributed by atoms with Crippen molar-refractivity contribution >= 4 is 0 Å². The van der Waals surface area contributed by atoms with E-state index in [0.29, 0.717) is 12.8 Å². The maximum Gasteiger partial charge on any atom is 0.330 e. The fourth-order valence-electron chi connectivity index (χ4n) is 5.02. The average Bonchev–Trinajstić information content (AvgIpc) is 3.07. The number of rotatable bonds is 2. The lowest BCUT2D eigenvalue weighted by Gasteiger charge is -2.51. The third-order valence-electron chi connectivity index (χ3n) is 5.91. The van der Waals surface area contributed by atoms with Gasteiger partial charge in [0, 0.05) is 25.1 Å². The lowest BCUT2D eigenvalue weighted by Crippen LogP contribution is -2.64. The van der Waals surface area contributed by atoms with Gasteiger partial charge in [-0.3, -0.25) is 14.3 Å². The Kier molecular flexibility index (Phi) is 4.38. The third-order valence-corrected chi connectivity index (χ3v) is 5.91. The fraction of sp³-hybridized carbons (Fsp3) is 0.778. The summed E-state index contributed by atoms with van der Waals surface area (Å²) in [4.78, 5) is 25.9. The largest absolute Gasteiger partial charge is 0.394 e. The van der Waals surface area contributed by atoms with E-state index in [1.807, 2.05) is 27.7 Å². The number of ether oxygens (including phenoxy) is 3. The maximum atomic E-state index is 12.3. The van der Waals surface area contributed by atoms with E-state index in [9.17, 15) is 14.7 Å². The minimum absolute atomic E-state index is 0.285. The van der Waals surface area contributed by atoms with Crippen LogP contribution in [0.1, 0.15) is 46.8 Å². The molecule has 1 spiro atoms. The number of nitrogens with zero attached hydrogens (tertiary/aromatic N) is 2. The molecule has 1 aromatic rings. The van der Waals surface area contributed by atoms with Gasteiger partial charge in [0.1, 0.15) is 18.3 Å². The number of hydroxylamine groups is 2. The molecule has 2 unspecified atom stereocenters. The van der Waals surface area contributed by atoms with Crippen molar-refractivity contribution < 1.29 is 24.5 Å². The van der Waals surface area contributed by atoms with Gasteiger partial charge in [-0.15, -0.1) is 0 Å². The van der Waals surface area contributed by atoms with Gasteiger partial charge in [0.05, 0.1) is 17.7 Å². The molecule has 28 heavy (non-hydrogen) atoms. The van der Waals surface area contributed by atoms with Crippen LogP contribution in [0.4, 0.5) is 0 Å². The zero-order valence-corrected chi connectivity index (χ0v) is 16.5. The maximum absolute atomic E-state index is 12.3. The zero-order chi connectivity index (χ0) is 20.5. The Morgan fingerprint density at radius 1 is 1.18 bits per heavy atom. The molecule has 1 aromatic heterocycles. The van der Waals surface area contributed by atoms with Gasteiger partial charge in [0.25, 0.3) is 5.56 Å². The van der Waals surface area contributed by atoms with E-state index in [4.69, 9.17) is 19.4 Å². The minimum atomic E-state index is -0.943. The Morgan fingerprint density at radius 2 is 1.79 bits per heavy atom. The molecule has 4 heterocycles. The quantitative estimate of drug-likeness (QED) is 0.624. The highest BCUT2D eigenvalue weighted by atomic mass is 16.8. The summed E-state index contributed by atoms with van der Waals surface area (Å²) in [6, 6.07) is 1.24. The summed E-state index contributed by atoms with van der Waals surface area (Å²) in [6.45, 7) is 7.58. The lowest BCUT2D eigenvalue weighted by molar-refractivity contribution is -0.329. The molecule has 4 atom stereocenters. The number of nitrogens with one attached hydrogen (secondary N) is 1. The van der Waals surface area contributed by atoms with E-state index in [-0.39, 0.29) is 6.61 Å². The Bertz CT molecular complexity index is 858. The van der Waals surface area contributed by atoms with Gasteiger partial charge in [0.15, 0.2) is 12.0 Å². The van der Waals surface area contributed by atoms with Crippen LogP contribution < -0.4 is 11.2 Å². The van der Waals surface area contributed by atoms with Crippen LogP contribution >= 0.6 is 0 Å². The summed E-state index contributed by atoms with van der Waals surface area (Å²) in [5.41, 5.74) is -2.11. The third kappa shape index (κ3) is 2.95. The molecule has 0 saturated carbocycles. The highest BCUT2D eigenvalue weighted by molar-refractivity contribution is 5.07. The van der Waals surface area contributed by atoms with E-state index < -0.39 is 52.7 Å². The second-order valence-electron chi connectivity index (χ2n) is 9.15. The molecule has 3 aliphatic rings. The van der Waals surface area contributed by atoms with Crippen LogP contribution in [0.3, 0.4) is 0 Å². The predicted octanol–water partition coefficient (Wildman–Crippen LogP) is -0.801. The highest BCUT2D eigenvalue weighted by Gasteiger charge is 2.65. The molecule has 10 nitrogen and oxygen atoms in total. The molecule has 4 N–H and O–H groups in total. The first-order valence-corrected chi connectivity index (χ1v) is 9.43. The minimum Gasteiger partial charge on any atom is -0.394 e. The van der Waals surface area contributed by atoms with Crippen LogP contribution in [-0.4, -0.2) is 66.7 Å². The van der Waals surface area contributed by atoms with E-state index in [2.05, 4.69) is 4.98 Å². The van der Waals surface area contributed by atoms with Gasteiger partial charge in [-0.05, 0) is 27.7 Å². The number of aromatic nitrogens is 2. The van der Waals surface area contributed by atoms with Crippen LogP contribution in [0.15, 0.2) is 21.9 Å². The van der Waals surface area contributed by atoms with Crippen LogP contribution in [-0.2, 0) is 14.2 Å². The molecular formula is C18H28N3O7+. The van der Waals surface area contributed by atoms with Crippen LogP contribution in [0.2, 0.25) is 0 Å². The van der Waals surface area contributed by atoms with E-state index >= 15 is 0 Å². The smallest absolute Gasteiger partial charge is 0.330 e. The first-order chi connectivity index (χ1) is 13.0. The van der Waals surface area contributed by atoms with Crippen molar-refractivity contribution in [2.45, 2.75) is 81.9 Å². The summed E-state index contributed by atoms with van der Waals surface area (Å²) in [5, 5.41) is 19.8. The summed E-state index contributed by atoms with van der Waals surface area (Å²) < 4.78 is 19.8. The average molecular weight is 398 g/mol. The van der Waals surface area contributed by atoms with Crippen molar-refractivity contribution in [1.82, 2.24) is 14.6 Å². The highest BCUT2D eigenvalue weighted by Crippen LogP contribution is 2.52. The molecule has 3 saturated heterocycles. The molecule has 156 valence electrons. The van der Waals surface area contributed by atoms with E-state index in [1.54, 1.807) is 5.06 Å². The number of H-pyrrole nitrogens is 1. The summed E-state index contributed by atoms with van der Waals surface area (Å²) in [7, 11) is 0. The Labute approximate surface area is 161 Å². The Hall–Kier alpha value is -1.56. The SMILES string of the molecule is CC1(C)CC2(CC(C)(C)N1[OH2+])OC1C(O2)[C@@H](CO)O[C@H]1n1ccc(=O)[nH]c1=O. The van der Waals surface area contributed by atoms with Gasteiger partial charge in [-0.25, -0.2) is 4.79 Å². The lowest BCUT2D eigenvalue weighted by atomic mass is 9.78. The van der Waals surface area contributed by atoms with Crippen molar-refractivity contribution in [3.05, 3.63) is 33.1 Å². The molecule has 0 aromatic carbocycles. The Balaban J connectivity index is 1.69. The molecule has 3 aliphatic heterocycles. The second kappa shape index (κ2) is 6.22. The Morgan fingerprint density at radius 3 is 2.36 bits per heavy atom. The van der Waals surface area contributed by atoms with Crippen LogP contribution in [0.5, 0.6) is 0 Å². The van der Waals surface area contributed by atoms with Crippen LogP contribution in [0.25, 0.3) is 0 Å². The summed E-state index contributed by atoms with van der Waals surface area (Å²) in [6.07, 6.45) is -0.379. The fourth-order valence-corrected chi connectivity index (χ4v) is 5.02. The molecule has 10 heteroatoms. The number of hydrogen-bond acceptors (Lipinski definition) is 7. The van der Waals surface area contributed by atoms with Crippen molar-refractivity contribution in [2.75, 3.05) is 6.61 Å². The van der Waals surface area contributed by atoms with E-state index in [1.165, 1.54) is 16.8 Å². The van der Waals surface area contributed by atoms with Crippen LogP contribution in [0, 0.1) is 0 Å². The summed E-state index contributed by atoms with van der Waals surface area (Å²) >= 11 is 0. The zero-order valence-electron chi connectivity index (χ0n) is 16.5. The van der Waals surface area contributed by atoms with Gasteiger partial charge < -0.3 is 24.5 Å². The number of fused-ring (bicyclic) bond motifs is 1. The van der Waals surface area contributed by atoms with Crippen molar-refractivity contribution in [3.8, 4) is 0 Å². The standard InChI is InChI=1S/C18H27N3O7/c1-16(2)8-18(9-17(3,4)21(16)25)27-12-10(7-22)26-14(13(12)28-18)20-6-5-11(23)19-15(20)24/h5-6,10,12-14,22,25H,7-9H2,1-4H3,(H,19,23,24)/p+1/t10-,12?,13?,14-/m1/s1. The topological polar surface area (TPSA) is 129 Å². The number of aromatic amines is 1. The molecule has 0 bridgehead atoms. The number of piperidine rings is 1. The molecule has 3 fully saturated rings. The number of aliphatic hydroxyl groups excluding tert-OH is 1. The molecule has 0 radical (unpaired) electrons. The van der Waals surface area contributed by atoms with Crippen molar-refractivity contribution in [2.24, 2.45) is 0 Å². The number of aliphatic hydroxyl groups is 1. The van der Waals surface area contributed by atoms with Gasteiger partial charge in [-0.1, -0.05) is 5.06 Å².